The molecule has 1 amide bonds. The van der Waals surface area contributed by atoms with Gasteiger partial charge in [-0.1, -0.05) is 56.0 Å². The van der Waals surface area contributed by atoms with Crippen LogP contribution in [0.3, 0.4) is 0 Å². The quantitative estimate of drug-likeness (QED) is 0.449. The minimum atomic E-state index is -0.281. The predicted molar refractivity (Wildman–Crippen MR) is 129 cm³/mol. The number of nitrogens with one attached hydrogen (secondary N) is 2. The molecular weight excluding hydrogens is 400 g/mol. The third-order valence-corrected chi connectivity index (χ3v) is 6.33. The molecule has 1 aliphatic rings. The zero-order valence-electron chi connectivity index (χ0n) is 18.9. The molecule has 1 fully saturated rings. The standard InChI is InChI=1S/C26H34N4O2/c1-19(18-31)28-25(32)21-13-14-24-23(17-21)29-26(27-16-15-20-9-5-4-6-10-20)30(24)22-11-7-2-3-8-12-22/h4-6,9-10,13-14,17,19,22,31H,2-3,7-8,11-12,15-16,18H2,1H3,(H,27,29)(H,28,32). The summed E-state index contributed by atoms with van der Waals surface area (Å²) in [5, 5.41) is 15.6. The number of rotatable bonds is 8. The van der Waals surface area contributed by atoms with Gasteiger partial charge in [0.1, 0.15) is 0 Å². The molecule has 0 bridgehead atoms. The molecule has 1 aliphatic carbocycles. The zero-order valence-corrected chi connectivity index (χ0v) is 18.9. The first-order chi connectivity index (χ1) is 15.7. The van der Waals surface area contributed by atoms with Crippen LogP contribution in [0.25, 0.3) is 11.0 Å². The van der Waals surface area contributed by atoms with Crippen molar-refractivity contribution in [1.29, 1.82) is 0 Å². The molecular formula is C26H34N4O2. The van der Waals surface area contributed by atoms with Crippen LogP contribution in [-0.4, -0.2) is 39.8 Å². The number of aliphatic hydroxyl groups is 1. The Kier molecular flexibility index (Phi) is 7.43. The number of imidazole rings is 1. The van der Waals surface area contributed by atoms with E-state index < -0.39 is 0 Å². The number of nitrogens with zero attached hydrogens (tertiary/aromatic N) is 2. The molecule has 0 saturated heterocycles. The van der Waals surface area contributed by atoms with Gasteiger partial charge in [-0.3, -0.25) is 4.79 Å². The number of carbonyl (C=O) groups is 1. The van der Waals surface area contributed by atoms with Crippen LogP contribution in [0.1, 0.15) is 67.4 Å². The summed E-state index contributed by atoms with van der Waals surface area (Å²) in [4.78, 5) is 17.5. The van der Waals surface area contributed by atoms with Crippen molar-refractivity contribution in [3.63, 3.8) is 0 Å². The van der Waals surface area contributed by atoms with Crippen LogP contribution in [0.4, 0.5) is 5.95 Å². The summed E-state index contributed by atoms with van der Waals surface area (Å²) in [7, 11) is 0. The second kappa shape index (κ2) is 10.6. The maximum Gasteiger partial charge on any atom is 0.251 e. The second-order valence-corrected chi connectivity index (χ2v) is 8.87. The molecule has 1 atom stereocenters. The summed E-state index contributed by atoms with van der Waals surface area (Å²) in [6, 6.07) is 16.4. The van der Waals surface area contributed by atoms with Crippen LogP contribution in [0.15, 0.2) is 48.5 Å². The van der Waals surface area contributed by atoms with Gasteiger partial charge in [-0.05, 0) is 49.9 Å². The first kappa shape index (κ1) is 22.3. The van der Waals surface area contributed by atoms with E-state index in [0.29, 0.717) is 11.6 Å². The van der Waals surface area contributed by atoms with E-state index in [1.54, 1.807) is 6.92 Å². The van der Waals surface area contributed by atoms with Gasteiger partial charge < -0.3 is 20.3 Å². The van der Waals surface area contributed by atoms with Crippen molar-refractivity contribution in [2.45, 2.75) is 64.0 Å². The highest BCUT2D eigenvalue weighted by atomic mass is 16.3. The lowest BCUT2D eigenvalue weighted by Gasteiger charge is -2.20. The predicted octanol–water partition coefficient (Wildman–Crippen LogP) is 4.70. The molecule has 3 aromatic rings. The van der Waals surface area contributed by atoms with Crippen LogP contribution >= 0.6 is 0 Å². The summed E-state index contributed by atoms with van der Waals surface area (Å²) in [5.74, 6) is 0.708. The van der Waals surface area contributed by atoms with Crippen molar-refractivity contribution >= 4 is 22.9 Å². The fraction of sp³-hybridized carbons (Fsp3) is 0.462. The van der Waals surface area contributed by atoms with Crippen LogP contribution in [0.2, 0.25) is 0 Å². The molecule has 6 heteroatoms. The molecule has 1 saturated carbocycles. The summed E-state index contributed by atoms with van der Waals surface area (Å²) >= 11 is 0. The smallest absolute Gasteiger partial charge is 0.251 e. The summed E-state index contributed by atoms with van der Waals surface area (Å²) in [6.45, 7) is 2.51. The third-order valence-electron chi connectivity index (χ3n) is 6.33. The molecule has 0 aliphatic heterocycles. The maximum atomic E-state index is 12.6. The molecule has 4 rings (SSSR count). The molecule has 0 radical (unpaired) electrons. The van der Waals surface area contributed by atoms with Gasteiger partial charge in [0.2, 0.25) is 5.95 Å². The van der Waals surface area contributed by atoms with E-state index >= 15 is 0 Å². The lowest BCUT2D eigenvalue weighted by molar-refractivity contribution is 0.0922. The first-order valence-corrected chi connectivity index (χ1v) is 11.9. The van der Waals surface area contributed by atoms with Gasteiger partial charge in [-0.15, -0.1) is 0 Å². The SMILES string of the molecule is CC(CO)NC(=O)c1ccc2c(c1)nc(NCCc1ccccc1)n2C1CCCCCC1. The lowest BCUT2D eigenvalue weighted by atomic mass is 10.1. The fourth-order valence-corrected chi connectivity index (χ4v) is 4.57. The summed E-state index contributed by atoms with van der Waals surface area (Å²) in [6.07, 6.45) is 8.34. The number of amides is 1. The Labute approximate surface area is 190 Å². The Morgan fingerprint density at radius 3 is 2.59 bits per heavy atom. The number of hydrogen-bond donors (Lipinski definition) is 3. The average Bonchev–Trinajstić information content (AvgIpc) is 2.97. The number of fused-ring (bicyclic) bond motifs is 1. The van der Waals surface area contributed by atoms with Crippen LogP contribution in [-0.2, 0) is 6.42 Å². The van der Waals surface area contributed by atoms with E-state index in [9.17, 15) is 9.90 Å². The Hall–Kier alpha value is -2.86. The van der Waals surface area contributed by atoms with Crippen molar-refractivity contribution < 1.29 is 9.90 Å². The molecule has 1 heterocycles. The monoisotopic (exact) mass is 434 g/mol. The van der Waals surface area contributed by atoms with Crippen LogP contribution < -0.4 is 10.6 Å². The van der Waals surface area contributed by atoms with E-state index in [4.69, 9.17) is 4.98 Å². The van der Waals surface area contributed by atoms with Gasteiger partial charge >= 0.3 is 0 Å². The van der Waals surface area contributed by atoms with Gasteiger partial charge in [0, 0.05) is 24.2 Å². The van der Waals surface area contributed by atoms with E-state index in [0.717, 1.165) is 42.8 Å². The van der Waals surface area contributed by atoms with E-state index in [1.165, 1.54) is 31.2 Å². The van der Waals surface area contributed by atoms with Gasteiger partial charge in [0.25, 0.3) is 5.91 Å². The molecule has 0 spiro atoms. The summed E-state index contributed by atoms with van der Waals surface area (Å²) < 4.78 is 2.36. The van der Waals surface area contributed by atoms with Gasteiger partial charge in [0.15, 0.2) is 0 Å². The highest BCUT2D eigenvalue weighted by molar-refractivity contribution is 5.97. The zero-order chi connectivity index (χ0) is 22.3. The van der Waals surface area contributed by atoms with Crippen molar-refractivity contribution in [3.8, 4) is 0 Å². The van der Waals surface area contributed by atoms with E-state index in [2.05, 4.69) is 39.5 Å². The molecule has 170 valence electrons. The van der Waals surface area contributed by atoms with E-state index in [-0.39, 0.29) is 18.6 Å². The highest BCUT2D eigenvalue weighted by Gasteiger charge is 2.21. The number of hydrogen-bond acceptors (Lipinski definition) is 4. The van der Waals surface area contributed by atoms with Crippen LogP contribution in [0.5, 0.6) is 0 Å². The molecule has 6 nitrogen and oxygen atoms in total. The number of anilines is 1. The average molecular weight is 435 g/mol. The van der Waals surface area contributed by atoms with Crippen molar-refractivity contribution in [3.05, 3.63) is 59.7 Å². The molecule has 1 unspecified atom stereocenters. The minimum Gasteiger partial charge on any atom is -0.394 e. The maximum absolute atomic E-state index is 12.6. The lowest BCUT2D eigenvalue weighted by Crippen LogP contribution is -2.34. The molecule has 1 aromatic heterocycles. The van der Waals surface area contributed by atoms with Crippen molar-refractivity contribution in [1.82, 2.24) is 14.9 Å². The number of benzene rings is 2. The largest absolute Gasteiger partial charge is 0.394 e. The molecule has 32 heavy (non-hydrogen) atoms. The first-order valence-electron chi connectivity index (χ1n) is 11.9. The van der Waals surface area contributed by atoms with Crippen LogP contribution in [0, 0.1) is 0 Å². The molecule has 3 N–H and O–H groups in total. The number of carbonyl (C=O) groups excluding carboxylic acids is 1. The van der Waals surface area contributed by atoms with Gasteiger partial charge in [-0.25, -0.2) is 4.98 Å². The Morgan fingerprint density at radius 2 is 1.88 bits per heavy atom. The van der Waals surface area contributed by atoms with E-state index in [1.807, 2.05) is 24.3 Å². The van der Waals surface area contributed by atoms with Gasteiger partial charge in [0.05, 0.1) is 17.6 Å². The van der Waals surface area contributed by atoms with Crippen molar-refractivity contribution in [2.75, 3.05) is 18.5 Å². The normalized spacial score (nSPS) is 15.9. The Bertz CT molecular complexity index is 1020. The Balaban J connectivity index is 1.61. The third kappa shape index (κ3) is 5.30. The topological polar surface area (TPSA) is 79.2 Å². The summed E-state index contributed by atoms with van der Waals surface area (Å²) in [5.41, 5.74) is 3.78. The van der Waals surface area contributed by atoms with Gasteiger partial charge in [-0.2, -0.15) is 0 Å². The minimum absolute atomic E-state index is 0.0836. The number of aliphatic hydroxyl groups excluding tert-OH is 1. The van der Waals surface area contributed by atoms with Crippen molar-refractivity contribution in [2.24, 2.45) is 0 Å². The highest BCUT2D eigenvalue weighted by Crippen LogP contribution is 2.33. The fourth-order valence-electron chi connectivity index (χ4n) is 4.57. The Morgan fingerprint density at radius 1 is 1.12 bits per heavy atom. The number of aromatic nitrogens is 2. The molecule has 2 aromatic carbocycles. The second-order valence-electron chi connectivity index (χ2n) is 8.87.